The minimum absolute atomic E-state index is 0.973. The van der Waals surface area contributed by atoms with E-state index >= 15 is 0 Å². The highest BCUT2D eigenvalue weighted by Gasteiger charge is 2.29. The minimum Gasteiger partial charge on any atom is -0.497 e. The molecule has 2 heteroatoms. The van der Waals surface area contributed by atoms with E-state index in [0.29, 0.717) is 0 Å². The standard InChI is InChI=1S/C11H16NO/c1-12(2)7-6-9-8-10(13-3)4-5-11(9)12/h4-5,8H,6-7H2,1-3H3/q+1. The number of quaternary nitrogens is 1. The Morgan fingerprint density at radius 1 is 1.31 bits per heavy atom. The van der Waals surface area contributed by atoms with Crippen LogP contribution in [-0.2, 0) is 6.42 Å². The molecule has 0 fully saturated rings. The first-order chi connectivity index (χ1) is 6.13. The summed E-state index contributed by atoms with van der Waals surface area (Å²) in [5.41, 5.74) is 2.87. The van der Waals surface area contributed by atoms with E-state index in [4.69, 9.17) is 4.74 Å². The first kappa shape index (κ1) is 8.57. The molecule has 1 aliphatic rings. The number of fused-ring (bicyclic) bond motifs is 1. The Labute approximate surface area is 79.3 Å². The number of ether oxygens (including phenoxy) is 1. The van der Waals surface area contributed by atoms with Gasteiger partial charge < -0.3 is 4.74 Å². The SMILES string of the molecule is COc1ccc2c(c1)CC[N+]2(C)C. The van der Waals surface area contributed by atoms with Crippen molar-refractivity contribution in [3.8, 4) is 5.75 Å². The van der Waals surface area contributed by atoms with Gasteiger partial charge in [-0.2, -0.15) is 0 Å². The molecule has 1 aromatic rings. The monoisotopic (exact) mass is 178 g/mol. The number of nitrogens with zero attached hydrogens (tertiary/aromatic N) is 1. The zero-order chi connectivity index (χ0) is 9.47. The lowest BCUT2D eigenvalue weighted by Crippen LogP contribution is -2.37. The van der Waals surface area contributed by atoms with Crippen LogP contribution >= 0.6 is 0 Å². The van der Waals surface area contributed by atoms with Gasteiger partial charge in [0.25, 0.3) is 0 Å². The van der Waals surface area contributed by atoms with Crippen molar-refractivity contribution in [3.63, 3.8) is 0 Å². The summed E-state index contributed by atoms with van der Waals surface area (Å²) in [5, 5.41) is 0. The molecule has 0 bridgehead atoms. The van der Waals surface area contributed by atoms with E-state index in [2.05, 4.69) is 26.2 Å². The van der Waals surface area contributed by atoms with Crippen LogP contribution < -0.4 is 9.22 Å². The number of methoxy groups -OCH3 is 1. The van der Waals surface area contributed by atoms with E-state index in [9.17, 15) is 0 Å². The predicted octanol–water partition coefficient (Wildman–Crippen LogP) is 1.82. The van der Waals surface area contributed by atoms with Crippen molar-refractivity contribution in [2.45, 2.75) is 6.42 Å². The molecular formula is C11H16NO+. The fourth-order valence-corrected chi connectivity index (χ4v) is 2.00. The highest BCUT2D eigenvalue weighted by molar-refractivity contribution is 5.56. The smallest absolute Gasteiger partial charge is 0.136 e. The van der Waals surface area contributed by atoms with Crippen molar-refractivity contribution in [2.24, 2.45) is 0 Å². The first-order valence-electron chi connectivity index (χ1n) is 4.64. The number of likely N-dealkylation sites (N-methyl/N-ethyl adjacent to an activating group) is 1. The van der Waals surface area contributed by atoms with E-state index in [1.54, 1.807) is 7.11 Å². The second-order valence-electron chi connectivity index (χ2n) is 4.15. The summed E-state index contributed by atoms with van der Waals surface area (Å²) >= 11 is 0. The molecule has 0 radical (unpaired) electrons. The molecule has 1 heterocycles. The molecule has 0 atom stereocenters. The van der Waals surface area contributed by atoms with Crippen LogP contribution in [0.2, 0.25) is 0 Å². The van der Waals surface area contributed by atoms with Gasteiger partial charge in [-0.15, -0.1) is 0 Å². The second kappa shape index (κ2) is 2.74. The normalized spacial score (nSPS) is 18.4. The van der Waals surface area contributed by atoms with Crippen molar-refractivity contribution in [2.75, 3.05) is 27.7 Å². The quantitative estimate of drug-likeness (QED) is 0.596. The lowest BCUT2D eigenvalue weighted by atomic mass is 10.1. The molecule has 13 heavy (non-hydrogen) atoms. The van der Waals surface area contributed by atoms with Crippen LogP contribution in [0, 0.1) is 0 Å². The molecule has 70 valence electrons. The maximum atomic E-state index is 5.20. The van der Waals surface area contributed by atoms with Crippen LogP contribution in [0.25, 0.3) is 0 Å². The number of hydrogen-bond donors (Lipinski definition) is 0. The van der Waals surface area contributed by atoms with Crippen LogP contribution in [0.5, 0.6) is 5.75 Å². The van der Waals surface area contributed by atoms with Gasteiger partial charge >= 0.3 is 0 Å². The molecule has 2 nitrogen and oxygen atoms in total. The third-order valence-corrected chi connectivity index (χ3v) is 2.88. The number of hydrogen-bond acceptors (Lipinski definition) is 1. The molecule has 0 spiro atoms. The second-order valence-corrected chi connectivity index (χ2v) is 4.15. The van der Waals surface area contributed by atoms with Crippen molar-refractivity contribution in [3.05, 3.63) is 23.8 Å². The van der Waals surface area contributed by atoms with E-state index in [0.717, 1.165) is 10.2 Å². The van der Waals surface area contributed by atoms with Crippen LogP contribution in [0.4, 0.5) is 5.69 Å². The highest BCUT2D eigenvalue weighted by atomic mass is 16.5. The van der Waals surface area contributed by atoms with E-state index in [-0.39, 0.29) is 0 Å². The molecule has 2 rings (SSSR count). The molecule has 0 N–H and O–H groups in total. The third-order valence-electron chi connectivity index (χ3n) is 2.88. The molecule has 0 saturated heterocycles. The Kier molecular flexibility index (Phi) is 1.81. The molecule has 1 aliphatic heterocycles. The van der Waals surface area contributed by atoms with Gasteiger partial charge in [0.2, 0.25) is 0 Å². The lowest BCUT2D eigenvalue weighted by Gasteiger charge is -2.23. The molecular weight excluding hydrogens is 162 g/mol. The highest BCUT2D eigenvalue weighted by Crippen LogP contribution is 2.33. The summed E-state index contributed by atoms with van der Waals surface area (Å²) in [6.45, 7) is 1.20. The van der Waals surface area contributed by atoms with Crippen molar-refractivity contribution in [1.82, 2.24) is 4.48 Å². The van der Waals surface area contributed by atoms with Gasteiger partial charge in [0.1, 0.15) is 11.4 Å². The average molecular weight is 178 g/mol. The Morgan fingerprint density at radius 3 is 2.77 bits per heavy atom. The fourth-order valence-electron chi connectivity index (χ4n) is 2.00. The van der Waals surface area contributed by atoms with E-state index in [1.807, 2.05) is 6.07 Å². The summed E-state index contributed by atoms with van der Waals surface area (Å²) in [7, 11) is 6.22. The average Bonchev–Trinajstić information content (AvgIpc) is 2.42. The molecule has 0 amide bonds. The van der Waals surface area contributed by atoms with Gasteiger partial charge in [-0.05, 0) is 12.1 Å². The third kappa shape index (κ3) is 1.31. The fraction of sp³-hybridized carbons (Fsp3) is 0.455. The topological polar surface area (TPSA) is 9.23 Å². The Hall–Kier alpha value is -1.02. The van der Waals surface area contributed by atoms with Gasteiger partial charge in [-0.25, -0.2) is 0 Å². The molecule has 0 aromatic heterocycles. The molecule has 1 aromatic carbocycles. The summed E-state index contributed by atoms with van der Waals surface area (Å²) in [4.78, 5) is 0. The number of benzene rings is 1. The van der Waals surface area contributed by atoms with Gasteiger partial charge in [-0.3, -0.25) is 4.48 Å². The van der Waals surface area contributed by atoms with Crippen molar-refractivity contribution >= 4 is 5.69 Å². The van der Waals surface area contributed by atoms with Gasteiger partial charge in [0.15, 0.2) is 0 Å². The summed E-state index contributed by atoms with van der Waals surface area (Å²) in [5.74, 6) is 0.973. The maximum absolute atomic E-state index is 5.20. The molecule has 0 saturated carbocycles. The minimum atomic E-state index is 0.973. The maximum Gasteiger partial charge on any atom is 0.136 e. The van der Waals surface area contributed by atoms with Gasteiger partial charge in [0.05, 0.1) is 27.7 Å². The van der Waals surface area contributed by atoms with E-state index < -0.39 is 0 Å². The molecule has 0 unspecified atom stereocenters. The number of rotatable bonds is 1. The largest absolute Gasteiger partial charge is 0.497 e. The Bertz CT molecular complexity index is 331. The van der Waals surface area contributed by atoms with Crippen LogP contribution in [-0.4, -0.2) is 27.7 Å². The zero-order valence-corrected chi connectivity index (χ0v) is 8.50. The van der Waals surface area contributed by atoms with Gasteiger partial charge in [0, 0.05) is 18.1 Å². The Morgan fingerprint density at radius 2 is 2.08 bits per heavy atom. The van der Waals surface area contributed by atoms with E-state index in [1.165, 1.54) is 24.2 Å². The summed E-state index contributed by atoms with van der Waals surface area (Å²) < 4.78 is 6.20. The van der Waals surface area contributed by atoms with Crippen molar-refractivity contribution in [1.29, 1.82) is 0 Å². The van der Waals surface area contributed by atoms with Crippen LogP contribution in [0.3, 0.4) is 0 Å². The first-order valence-corrected chi connectivity index (χ1v) is 4.64. The lowest BCUT2D eigenvalue weighted by molar-refractivity contribution is 0.414. The van der Waals surface area contributed by atoms with Gasteiger partial charge in [-0.1, -0.05) is 0 Å². The predicted molar refractivity (Wildman–Crippen MR) is 55.2 cm³/mol. The van der Waals surface area contributed by atoms with Crippen LogP contribution in [0.1, 0.15) is 5.56 Å². The Balaban J connectivity index is 2.46. The summed E-state index contributed by atoms with van der Waals surface area (Å²) in [6.07, 6.45) is 1.17. The van der Waals surface area contributed by atoms with Crippen molar-refractivity contribution < 1.29 is 4.74 Å². The molecule has 0 aliphatic carbocycles. The zero-order valence-electron chi connectivity index (χ0n) is 8.50. The van der Waals surface area contributed by atoms with Crippen LogP contribution in [0.15, 0.2) is 18.2 Å². The summed E-state index contributed by atoms with van der Waals surface area (Å²) in [6, 6.07) is 6.38.